The predicted molar refractivity (Wildman–Crippen MR) is 102 cm³/mol. The van der Waals surface area contributed by atoms with Gasteiger partial charge in [0.05, 0.1) is 13.0 Å². The molecule has 0 spiro atoms. The van der Waals surface area contributed by atoms with Crippen LogP contribution in [0, 0.1) is 0 Å². The minimum atomic E-state index is -0.769. The summed E-state index contributed by atoms with van der Waals surface area (Å²) in [6.45, 7) is 3.67. The van der Waals surface area contributed by atoms with Gasteiger partial charge in [-0.25, -0.2) is 4.79 Å². The number of likely N-dealkylation sites (tertiary alicyclic amines) is 1. The number of nitrogens with zero attached hydrogens (tertiary/aromatic N) is 2. The Morgan fingerprint density at radius 2 is 1.69 bits per heavy atom. The van der Waals surface area contributed by atoms with Crippen LogP contribution in [-0.2, 0) is 28.8 Å². The Bertz CT molecular complexity index is 622. The number of imide groups is 1. The van der Waals surface area contributed by atoms with Gasteiger partial charge in [0.2, 0.25) is 11.8 Å². The van der Waals surface area contributed by atoms with Crippen molar-refractivity contribution in [2.45, 2.75) is 64.3 Å². The van der Waals surface area contributed by atoms with E-state index in [1.165, 1.54) is 0 Å². The van der Waals surface area contributed by atoms with E-state index in [0.29, 0.717) is 17.6 Å². The standard InChI is InChI=1S/C19H30N4O6/c1-2-4-14-5-3-12-22(14)13-16(25)21-10-8-15(24)20-11-9-19(28)29-23-17(26)6-7-18(23)27/h14H,2-13H2,1H3,(H,20,24)(H,21,25)/i3+1,4+1,5+1,12+1,13+1,14+1,16+1,19+1,20+1,22+1. The first kappa shape index (κ1) is 22.8. The average Bonchev–Trinajstić information content (AvgIpc) is 3.23. The zero-order chi connectivity index (χ0) is 21.2. The fraction of sp³-hybridized carbons (Fsp3) is 0.737. The molecule has 4 amide bonds. The first-order valence-corrected chi connectivity index (χ1v) is 10.2. The number of nitrogens with one attached hydrogen (secondary N) is 2. The number of carbonyl (C=O) groups is 5. The molecule has 0 aromatic heterocycles. The maximum Gasteiger partial charge on any atom is 0.334 e. The largest absolute Gasteiger partial charge is 0.355 e. The summed E-state index contributed by atoms with van der Waals surface area (Å²) in [5.74, 6) is -2.26. The predicted octanol–water partition coefficient (Wildman–Crippen LogP) is -0.129. The van der Waals surface area contributed by atoms with E-state index in [9.17, 15) is 24.0 Å². The van der Waals surface area contributed by atoms with E-state index in [4.69, 9.17) is 4.84 Å². The van der Waals surface area contributed by atoms with Gasteiger partial charge < -0.3 is 15.5 Å². The van der Waals surface area contributed by atoms with Gasteiger partial charge in [0.1, 0.15) is 0 Å². The topological polar surface area (TPSA) is 125 Å². The van der Waals surface area contributed by atoms with E-state index in [-0.39, 0.29) is 50.6 Å². The van der Waals surface area contributed by atoms with Gasteiger partial charge in [0, 0.05) is 38.4 Å². The van der Waals surface area contributed by atoms with Crippen molar-refractivity contribution in [2.24, 2.45) is 0 Å². The molecule has 2 fully saturated rings. The van der Waals surface area contributed by atoms with Gasteiger partial charge >= 0.3 is 5.97 Å². The molecule has 2 rings (SSSR count). The number of carbonyl (C=O) groups excluding carboxylic acids is 5. The van der Waals surface area contributed by atoms with Crippen molar-refractivity contribution in [1.82, 2.24) is 20.6 Å². The quantitative estimate of drug-likeness (QED) is 0.271. The van der Waals surface area contributed by atoms with E-state index >= 15 is 0 Å². The molecule has 1 unspecified atom stereocenters. The molecule has 0 aromatic rings. The Morgan fingerprint density at radius 1 is 1.03 bits per heavy atom. The third kappa shape index (κ3) is 7.45. The molecule has 0 radical (unpaired) electrons. The van der Waals surface area contributed by atoms with Crippen molar-refractivity contribution in [1.29, 1.82) is 0 Å². The summed E-state index contributed by atoms with van der Waals surface area (Å²) in [5, 5.41) is 5.76. The molecule has 1 atom stereocenters. The molecule has 0 saturated carbocycles. The number of hydrogen-bond acceptors (Lipinski definition) is 7. The zero-order valence-corrected chi connectivity index (χ0v) is 16.9. The minimum Gasteiger partial charge on any atom is -0.355 e. The maximum absolute atomic E-state index is 12.0. The minimum absolute atomic E-state index is 0.0221. The Balaban J connectivity index is 1.54. The van der Waals surface area contributed by atoms with Gasteiger partial charge in [-0.1, -0.05) is 13.3 Å². The third-order valence-electron chi connectivity index (χ3n) is 4.99. The van der Waals surface area contributed by atoms with Crippen LogP contribution in [0.25, 0.3) is 0 Å². The van der Waals surface area contributed by atoms with Crippen molar-refractivity contribution in [2.75, 3.05) is 26.2 Å². The van der Waals surface area contributed by atoms with Gasteiger partial charge in [0.15, 0.2) is 0 Å². The monoisotopic (exact) mass is 420 g/mol. The smallest absolute Gasteiger partial charge is 0.334 e. The van der Waals surface area contributed by atoms with E-state index in [1.54, 1.807) is 0 Å². The highest BCUT2D eigenvalue weighted by atomic mass is 16.8. The fourth-order valence-corrected chi connectivity index (χ4v) is 3.52. The SMILES string of the molecule is CC[13CH2][13CH]1[13CH2][13CH2][13CH2][15N]1[13CH2][13C](=O)NCCC(=O)[15NH]CC[13C](=O)ON1C(=O)CCC1=O. The Kier molecular flexibility index (Phi) is 9.04. The summed E-state index contributed by atoms with van der Waals surface area (Å²) >= 11 is 0. The number of hydroxylamine groups is 2. The van der Waals surface area contributed by atoms with E-state index in [0.717, 1.165) is 32.2 Å². The summed E-state index contributed by atoms with van der Waals surface area (Å²) in [4.78, 5) is 65.1. The van der Waals surface area contributed by atoms with Gasteiger partial charge in [-0.05, 0) is 25.8 Å². The van der Waals surface area contributed by atoms with E-state index in [2.05, 4.69) is 22.5 Å². The first-order valence-electron chi connectivity index (χ1n) is 10.2. The molecule has 2 aliphatic heterocycles. The third-order valence-corrected chi connectivity index (χ3v) is 4.99. The lowest BCUT2D eigenvalue weighted by molar-refractivity contribution is -0.197. The van der Waals surface area contributed by atoms with Gasteiger partial charge in [-0.2, -0.15) is 0 Å². The van der Waals surface area contributed by atoms with Gasteiger partial charge in [-0.3, -0.25) is 24.1 Å². The molecule has 10 heteroatoms. The molecular formula is C19H30N4O6. The van der Waals surface area contributed by atoms with E-state index in [1.807, 2.05) is 0 Å². The Hall–Kier alpha value is -2.49. The van der Waals surface area contributed by atoms with Crippen LogP contribution in [0.3, 0.4) is 0 Å². The zero-order valence-electron chi connectivity index (χ0n) is 16.9. The van der Waals surface area contributed by atoms with Crippen LogP contribution in [-0.4, -0.2) is 71.8 Å². The molecular weight excluding hydrogens is 390 g/mol. The molecule has 0 aromatic carbocycles. The second-order valence-corrected chi connectivity index (χ2v) is 7.30. The molecule has 2 aliphatic rings. The van der Waals surface area contributed by atoms with Crippen LogP contribution >= 0.6 is 0 Å². The van der Waals surface area contributed by atoms with Crippen LogP contribution in [0.1, 0.15) is 58.3 Å². The summed E-state index contributed by atoms with van der Waals surface area (Å²) in [6.07, 6.45) is 4.44. The summed E-state index contributed by atoms with van der Waals surface area (Å²) in [5.41, 5.74) is 0. The molecule has 0 aliphatic carbocycles. The molecule has 29 heavy (non-hydrogen) atoms. The highest BCUT2D eigenvalue weighted by Crippen LogP contribution is 2.20. The number of hydrogen-bond donors (Lipinski definition) is 2. The second-order valence-electron chi connectivity index (χ2n) is 7.30. The van der Waals surface area contributed by atoms with Gasteiger partial charge in [0.25, 0.3) is 11.8 Å². The average molecular weight is 420 g/mol. The normalized spacial score (nSPS) is 19.5. The van der Waals surface area contributed by atoms with Crippen LogP contribution in [0.2, 0.25) is 0 Å². The van der Waals surface area contributed by atoms with E-state index < -0.39 is 17.8 Å². The van der Waals surface area contributed by atoms with Crippen LogP contribution in [0.4, 0.5) is 0 Å². The Labute approximate surface area is 170 Å². The maximum atomic E-state index is 12.0. The molecule has 10 nitrogen and oxygen atoms in total. The van der Waals surface area contributed by atoms with Crippen molar-refractivity contribution in [3.05, 3.63) is 0 Å². The molecule has 162 valence electrons. The lowest BCUT2D eigenvalue weighted by Crippen LogP contribution is -2.41. The van der Waals surface area contributed by atoms with Crippen LogP contribution < -0.4 is 10.6 Å². The first-order chi connectivity index (χ1) is 13.9. The molecule has 2 N–H and O–H groups in total. The fourth-order valence-electron chi connectivity index (χ4n) is 3.52. The summed E-state index contributed by atoms with van der Waals surface area (Å²) in [7, 11) is 0. The number of amides is 4. The van der Waals surface area contributed by atoms with Crippen molar-refractivity contribution in [3.63, 3.8) is 0 Å². The molecule has 2 heterocycles. The lowest BCUT2D eigenvalue weighted by atomic mass is 10.4. The highest BCUT2D eigenvalue weighted by molar-refractivity contribution is 6.01. The van der Waals surface area contributed by atoms with Crippen LogP contribution in [0.5, 0.6) is 0 Å². The van der Waals surface area contributed by atoms with Crippen molar-refractivity contribution >= 4 is 29.6 Å². The lowest BCUT2D eigenvalue weighted by Gasteiger charge is -2.23. The van der Waals surface area contributed by atoms with Gasteiger partial charge in [-0.15, -0.1) is 5.06 Å². The van der Waals surface area contributed by atoms with Crippen molar-refractivity contribution in [3.8, 4) is 0 Å². The Morgan fingerprint density at radius 3 is 2.38 bits per heavy atom. The van der Waals surface area contributed by atoms with Crippen molar-refractivity contribution < 1.29 is 28.8 Å². The molecule has 0 bridgehead atoms. The highest BCUT2D eigenvalue weighted by Gasteiger charge is 2.32. The molecule has 2 saturated heterocycles. The summed E-state index contributed by atoms with van der Waals surface area (Å²) < 4.78 is 0. The summed E-state index contributed by atoms with van der Waals surface area (Å²) in [6, 6.07) is 0.472. The second kappa shape index (κ2) is 11.5. The number of rotatable bonds is 11. The van der Waals surface area contributed by atoms with Crippen LogP contribution in [0.15, 0.2) is 0 Å².